The Kier molecular flexibility index (Phi) is 20.3. The highest BCUT2D eigenvalue weighted by atomic mass is 16.7. The van der Waals surface area contributed by atoms with Crippen LogP contribution in [0.25, 0.3) is 0 Å². The van der Waals surface area contributed by atoms with Crippen molar-refractivity contribution in [1.82, 2.24) is 9.80 Å². The van der Waals surface area contributed by atoms with Crippen LogP contribution >= 0.6 is 0 Å². The van der Waals surface area contributed by atoms with Gasteiger partial charge in [-0.25, -0.2) is 4.79 Å². The van der Waals surface area contributed by atoms with E-state index in [1.54, 1.807) is 0 Å². The van der Waals surface area contributed by atoms with Gasteiger partial charge in [0.15, 0.2) is 0 Å². The first kappa shape index (κ1) is 27.2. The third kappa shape index (κ3) is 17.3. The molecule has 0 heterocycles. The van der Waals surface area contributed by atoms with Gasteiger partial charge in [0.1, 0.15) is 0 Å². The number of nitrogens with zero attached hydrogens (tertiary/aromatic N) is 2. The van der Waals surface area contributed by atoms with Crippen molar-refractivity contribution in [2.45, 2.75) is 91.9 Å². The molecule has 0 spiro atoms. The molecule has 0 bridgehead atoms. The predicted octanol–water partition coefficient (Wildman–Crippen LogP) is 5.72. The Morgan fingerprint density at radius 2 is 0.821 bits per heavy atom. The van der Waals surface area contributed by atoms with Crippen LogP contribution < -0.4 is 0 Å². The number of ether oxygens (including phenoxy) is 2. The lowest BCUT2D eigenvalue weighted by molar-refractivity contribution is 0.0495. The summed E-state index contributed by atoms with van der Waals surface area (Å²) >= 11 is 0. The Labute approximate surface area is 175 Å². The predicted molar refractivity (Wildman–Crippen MR) is 119 cm³/mol. The average molecular weight is 401 g/mol. The van der Waals surface area contributed by atoms with Crippen molar-refractivity contribution in [2.24, 2.45) is 0 Å². The molecule has 0 fully saturated rings. The van der Waals surface area contributed by atoms with Crippen LogP contribution in [0.3, 0.4) is 0 Å². The summed E-state index contributed by atoms with van der Waals surface area (Å²) < 4.78 is 10.5. The molecule has 5 nitrogen and oxygen atoms in total. The van der Waals surface area contributed by atoms with Crippen LogP contribution in [0, 0.1) is 0 Å². The van der Waals surface area contributed by atoms with Gasteiger partial charge in [0.2, 0.25) is 0 Å². The molecule has 28 heavy (non-hydrogen) atoms. The Hall–Kier alpha value is -0.810. The van der Waals surface area contributed by atoms with Crippen LogP contribution in [0.1, 0.15) is 91.9 Å². The summed E-state index contributed by atoms with van der Waals surface area (Å²) in [6.07, 6.45) is 11.1. The first-order valence-corrected chi connectivity index (χ1v) is 11.9. The molecule has 0 amide bonds. The molecule has 0 aromatic rings. The van der Waals surface area contributed by atoms with E-state index in [4.69, 9.17) is 9.47 Å². The first-order valence-electron chi connectivity index (χ1n) is 11.9. The Balaban J connectivity index is 3.81. The molecule has 0 N–H and O–H groups in total. The van der Waals surface area contributed by atoms with E-state index in [0.717, 1.165) is 52.1 Å². The monoisotopic (exact) mass is 400 g/mol. The molecule has 0 aliphatic carbocycles. The summed E-state index contributed by atoms with van der Waals surface area (Å²) in [4.78, 5) is 16.7. The maximum Gasteiger partial charge on any atom is 0.508 e. The third-order valence-corrected chi connectivity index (χ3v) is 4.99. The molecule has 0 atom stereocenters. The molecule has 0 aromatic heterocycles. The van der Waals surface area contributed by atoms with Crippen molar-refractivity contribution >= 4 is 6.16 Å². The molecule has 0 saturated heterocycles. The number of carbonyl (C=O) groups excluding carboxylic acids is 1. The number of hydrogen-bond acceptors (Lipinski definition) is 5. The Bertz CT molecular complexity index is 294. The summed E-state index contributed by atoms with van der Waals surface area (Å²) in [5.41, 5.74) is 0. The molecule has 168 valence electrons. The number of hydrogen-bond donors (Lipinski definition) is 0. The van der Waals surface area contributed by atoms with Gasteiger partial charge in [0.25, 0.3) is 0 Å². The van der Waals surface area contributed by atoms with E-state index in [9.17, 15) is 4.79 Å². The van der Waals surface area contributed by atoms with Crippen molar-refractivity contribution < 1.29 is 14.3 Å². The van der Waals surface area contributed by atoms with E-state index in [2.05, 4.69) is 37.5 Å². The van der Waals surface area contributed by atoms with Gasteiger partial charge >= 0.3 is 6.16 Å². The maximum absolute atomic E-state index is 11.7. The fraction of sp³-hybridized carbons (Fsp3) is 0.957. The standard InChI is InChI=1S/C23H48N2O3/c1-5-9-15-24(16-10-6-2)19-13-21-27-23(26)28-22-14-20-25(17-11-7-3)18-12-8-4/h5-22H2,1-4H3. The molecule has 0 aliphatic heterocycles. The van der Waals surface area contributed by atoms with Gasteiger partial charge in [-0.15, -0.1) is 0 Å². The van der Waals surface area contributed by atoms with Crippen molar-refractivity contribution in [3.8, 4) is 0 Å². The molecule has 0 aliphatic rings. The molecule has 5 heteroatoms. The van der Waals surface area contributed by atoms with Crippen molar-refractivity contribution in [3.63, 3.8) is 0 Å². The minimum atomic E-state index is -0.512. The summed E-state index contributed by atoms with van der Waals surface area (Å²) in [5.74, 6) is 0. The molecule has 0 unspecified atom stereocenters. The SMILES string of the molecule is CCCCN(CCCC)CCCOC(=O)OCCCN(CCCC)CCCC. The largest absolute Gasteiger partial charge is 0.508 e. The zero-order chi connectivity index (χ0) is 20.9. The van der Waals surface area contributed by atoms with E-state index in [-0.39, 0.29) is 0 Å². The van der Waals surface area contributed by atoms with Crippen LogP contribution in [-0.2, 0) is 9.47 Å². The highest BCUT2D eigenvalue weighted by Gasteiger charge is 2.08. The molecule has 0 saturated carbocycles. The van der Waals surface area contributed by atoms with E-state index < -0.39 is 6.16 Å². The van der Waals surface area contributed by atoms with Crippen LogP contribution in [0.5, 0.6) is 0 Å². The quantitative estimate of drug-likeness (QED) is 0.193. The van der Waals surface area contributed by atoms with Crippen LogP contribution in [0.4, 0.5) is 4.79 Å². The fourth-order valence-corrected chi connectivity index (χ4v) is 3.13. The van der Waals surface area contributed by atoms with Gasteiger partial charge in [-0.05, 0) is 64.7 Å². The second-order valence-corrected chi connectivity index (χ2v) is 7.75. The van der Waals surface area contributed by atoms with Crippen molar-refractivity contribution in [1.29, 1.82) is 0 Å². The number of unbranched alkanes of at least 4 members (excludes halogenated alkanes) is 4. The second kappa shape index (κ2) is 20.9. The van der Waals surface area contributed by atoms with E-state index in [1.807, 2.05) is 0 Å². The number of rotatable bonds is 20. The summed E-state index contributed by atoms with van der Waals surface area (Å²) in [5, 5.41) is 0. The summed E-state index contributed by atoms with van der Waals surface area (Å²) in [6.45, 7) is 16.4. The second-order valence-electron chi connectivity index (χ2n) is 7.75. The molecule has 0 radical (unpaired) electrons. The smallest absolute Gasteiger partial charge is 0.434 e. The molecule has 0 rings (SSSR count). The van der Waals surface area contributed by atoms with Crippen LogP contribution in [0.15, 0.2) is 0 Å². The van der Waals surface area contributed by atoms with E-state index in [0.29, 0.717) is 13.2 Å². The fourth-order valence-electron chi connectivity index (χ4n) is 3.13. The first-order chi connectivity index (χ1) is 13.7. The van der Waals surface area contributed by atoms with E-state index >= 15 is 0 Å². The molecule has 0 aromatic carbocycles. The zero-order valence-electron chi connectivity index (χ0n) is 19.3. The average Bonchev–Trinajstić information content (AvgIpc) is 2.71. The Morgan fingerprint density at radius 3 is 1.11 bits per heavy atom. The summed E-state index contributed by atoms with van der Waals surface area (Å²) in [6, 6.07) is 0. The van der Waals surface area contributed by atoms with Crippen LogP contribution in [0.2, 0.25) is 0 Å². The molecular formula is C23H48N2O3. The number of carbonyl (C=O) groups is 1. The van der Waals surface area contributed by atoms with Crippen molar-refractivity contribution in [3.05, 3.63) is 0 Å². The minimum Gasteiger partial charge on any atom is -0.434 e. The van der Waals surface area contributed by atoms with Gasteiger partial charge in [0.05, 0.1) is 13.2 Å². The maximum atomic E-state index is 11.7. The lowest BCUT2D eigenvalue weighted by Gasteiger charge is -2.22. The highest BCUT2D eigenvalue weighted by molar-refractivity contribution is 5.59. The highest BCUT2D eigenvalue weighted by Crippen LogP contribution is 2.03. The van der Waals surface area contributed by atoms with Crippen molar-refractivity contribution in [2.75, 3.05) is 52.5 Å². The summed E-state index contributed by atoms with van der Waals surface area (Å²) in [7, 11) is 0. The lowest BCUT2D eigenvalue weighted by Crippen LogP contribution is -2.28. The third-order valence-electron chi connectivity index (χ3n) is 4.99. The van der Waals surface area contributed by atoms with Gasteiger partial charge in [-0.3, -0.25) is 0 Å². The van der Waals surface area contributed by atoms with Crippen LogP contribution in [-0.4, -0.2) is 68.4 Å². The van der Waals surface area contributed by atoms with Gasteiger partial charge in [0, 0.05) is 13.1 Å². The topological polar surface area (TPSA) is 42.0 Å². The lowest BCUT2D eigenvalue weighted by atomic mass is 10.2. The molecular weight excluding hydrogens is 352 g/mol. The van der Waals surface area contributed by atoms with Gasteiger partial charge < -0.3 is 19.3 Å². The normalized spacial score (nSPS) is 11.4. The van der Waals surface area contributed by atoms with E-state index in [1.165, 1.54) is 51.4 Å². The van der Waals surface area contributed by atoms with Gasteiger partial charge in [-0.1, -0.05) is 53.4 Å². The van der Waals surface area contributed by atoms with Gasteiger partial charge in [-0.2, -0.15) is 0 Å². The Morgan fingerprint density at radius 1 is 0.536 bits per heavy atom. The zero-order valence-corrected chi connectivity index (χ0v) is 19.3. The minimum absolute atomic E-state index is 0.451.